The zero-order chi connectivity index (χ0) is 48.8. The van der Waals surface area contributed by atoms with Crippen molar-refractivity contribution in [1.82, 2.24) is 0 Å². The van der Waals surface area contributed by atoms with E-state index in [-0.39, 0.29) is 78.6 Å². The van der Waals surface area contributed by atoms with Crippen LogP contribution in [0.4, 0.5) is 0 Å². The van der Waals surface area contributed by atoms with Crippen LogP contribution in [0.1, 0.15) is 0 Å². The largest absolute Gasteiger partial charge is 4.00 e. The molecule has 0 radical (unpaired) electrons. The molecule has 0 aromatic rings. The molecule has 0 atom stereocenters. The van der Waals surface area contributed by atoms with Gasteiger partial charge < -0.3 is 155 Å². The van der Waals surface area contributed by atoms with Crippen LogP contribution in [-0.2, 0) is 151 Å². The Balaban J connectivity index is -0.0000000499. The van der Waals surface area contributed by atoms with Gasteiger partial charge in [0.1, 0.15) is 0 Å². The van der Waals surface area contributed by atoms with Crippen LogP contribution in [-0.4, -0.2) is 78.3 Å². The molecule has 0 saturated heterocycles. The summed E-state index contributed by atoms with van der Waals surface area (Å²) in [5.74, 6) is 0. The molecule has 0 aliphatic rings. The predicted octanol–water partition coefficient (Wildman–Crippen LogP) is -14.6. The summed E-state index contributed by atoms with van der Waals surface area (Å²) in [5.41, 5.74) is 0. The van der Waals surface area contributed by atoms with Gasteiger partial charge >= 0.3 is 141 Å². The summed E-state index contributed by atoms with van der Waals surface area (Å²) in [5, 5.41) is 0. The van der Waals surface area contributed by atoms with Crippen molar-refractivity contribution in [3.63, 3.8) is 0 Å². The second-order valence-corrected chi connectivity index (χ2v) is 20.1. The zero-order valence-electron chi connectivity index (χ0n) is 25.5. The summed E-state index contributed by atoms with van der Waals surface area (Å²) >= 11 is 0. The van der Waals surface area contributed by atoms with Crippen LogP contribution >= 0.6 is 93.9 Å². The molecule has 352 valence electrons. The Hall–Kier alpha value is 4.13. The molecule has 0 unspecified atom stereocenters. The fraction of sp³-hybridized carbons (Fsp3) is 0. The van der Waals surface area contributed by atoms with Crippen molar-refractivity contribution in [2.45, 2.75) is 0 Å². The van der Waals surface area contributed by atoms with Gasteiger partial charge in [-0.25, -0.2) is 36.5 Å². The molecule has 0 spiro atoms. The number of rotatable bonds is 8. The van der Waals surface area contributed by atoms with Crippen LogP contribution in [0.3, 0.4) is 0 Å². The van der Waals surface area contributed by atoms with Crippen molar-refractivity contribution < 1.29 is 288 Å². The molecular formula is H16O44P12Zr3. The Kier molecular flexibility index (Phi) is 55.0. The van der Waals surface area contributed by atoms with Crippen molar-refractivity contribution in [2.75, 3.05) is 0 Å². The van der Waals surface area contributed by atoms with Gasteiger partial charge in [-0.05, 0) is 0 Å². The maximum absolute atomic E-state index is 9.63. The second-order valence-electron chi connectivity index (χ2n) is 6.04. The monoisotopic (exact) mass is 1360 g/mol. The molecule has 59 heteroatoms. The molecule has 0 amide bonds. The molecule has 0 heterocycles. The van der Waals surface area contributed by atoms with E-state index < -0.39 is 93.9 Å². The van der Waals surface area contributed by atoms with Crippen LogP contribution in [0.2, 0.25) is 0 Å². The number of hydrogen-bond acceptors (Lipinski definition) is 28. The molecule has 16 N–H and O–H groups in total. The van der Waals surface area contributed by atoms with Crippen LogP contribution in [0.5, 0.6) is 0 Å². The summed E-state index contributed by atoms with van der Waals surface area (Å²) < 4.78 is 123. The van der Waals surface area contributed by atoms with E-state index in [4.69, 9.17) is 155 Å². The van der Waals surface area contributed by atoms with E-state index in [1.54, 1.807) is 0 Å². The van der Waals surface area contributed by atoms with E-state index in [0.29, 0.717) is 0 Å². The Labute approximate surface area is 378 Å². The molecule has 0 aromatic heterocycles. The first kappa shape index (κ1) is 89.7. The fourth-order valence-electron chi connectivity index (χ4n) is 0.554. The van der Waals surface area contributed by atoms with Gasteiger partial charge in [0.25, 0.3) is 0 Å². The van der Waals surface area contributed by atoms with E-state index in [1.807, 2.05) is 0 Å². The number of phosphoric acid groups is 12. The topological polar surface area (TPSA) is 842 Å². The standard InChI is InChI=1S/4H4O7P2.4H3O4P.3Zr/c4*1-8(2,3)7-9(4,5)6;4*1-5(2,3)4;;;/h4*(H2,1,2,3)(H2,4,5,6);4*(H3,1,2,3,4);;;/q;;;;;;;;3*+4/p-12. The summed E-state index contributed by atoms with van der Waals surface area (Å²) in [7, 11) is -62.0. The van der Waals surface area contributed by atoms with Gasteiger partial charge in [0.2, 0.25) is 0 Å². The van der Waals surface area contributed by atoms with Gasteiger partial charge in [0.05, 0.1) is 0 Å². The van der Waals surface area contributed by atoms with Gasteiger partial charge in [-0.3, -0.25) is 0 Å². The van der Waals surface area contributed by atoms with Gasteiger partial charge in [0, 0.05) is 0 Å². The average Bonchev–Trinajstić information content (AvgIpc) is 2.49. The van der Waals surface area contributed by atoms with E-state index in [2.05, 4.69) is 17.2 Å². The van der Waals surface area contributed by atoms with E-state index in [1.165, 1.54) is 0 Å². The van der Waals surface area contributed by atoms with E-state index >= 15 is 0 Å². The Morgan fingerprint density at radius 1 is 0.203 bits per heavy atom. The molecule has 0 aliphatic heterocycles. The first-order chi connectivity index (χ1) is 22.8. The zero-order valence-corrected chi connectivity index (χ0v) is 43.6. The maximum Gasteiger partial charge on any atom is 4.00 e. The van der Waals surface area contributed by atoms with Crippen LogP contribution in [0.15, 0.2) is 0 Å². The first-order valence-electron chi connectivity index (χ1n) is 9.04. The van der Waals surface area contributed by atoms with E-state index in [9.17, 15) is 36.5 Å². The smallest absolute Gasteiger partial charge is 0.822 e. The molecule has 59 heavy (non-hydrogen) atoms. The van der Waals surface area contributed by atoms with Gasteiger partial charge in [0.15, 0.2) is 0 Å². The molecule has 0 rings (SSSR count). The summed E-state index contributed by atoms with van der Waals surface area (Å²) in [4.78, 5) is 227. The molecular weight excluding hydrogens is 1350 g/mol. The number of hydrogen-bond donors (Lipinski definition) is 16. The molecule has 0 aromatic carbocycles. The van der Waals surface area contributed by atoms with Gasteiger partial charge in [-0.1, -0.05) is 0 Å². The van der Waals surface area contributed by atoms with Crippen LogP contribution in [0, 0.1) is 0 Å². The van der Waals surface area contributed by atoms with Crippen molar-refractivity contribution in [3.8, 4) is 0 Å². The van der Waals surface area contributed by atoms with Crippen molar-refractivity contribution in [1.29, 1.82) is 0 Å². The van der Waals surface area contributed by atoms with Crippen molar-refractivity contribution in [2.24, 2.45) is 0 Å². The molecule has 0 aliphatic carbocycles. The van der Waals surface area contributed by atoms with Crippen molar-refractivity contribution in [3.05, 3.63) is 0 Å². The van der Waals surface area contributed by atoms with Crippen LogP contribution in [0.25, 0.3) is 0 Å². The SMILES string of the molecule is O=P(O)(O)OP(=O)(O)O.O=P(O)(O)OP(=O)(O)O.O=P(O)(O)OP(=O)(O)O.O=P(O)(O)OP(=O)(O)O.O=P([O-])([O-])[O-].O=P([O-])([O-])[O-].O=P([O-])([O-])[O-].O=P([O-])([O-])[O-].[Zr+4].[Zr+4].[Zr+4]. The fourth-order valence-corrected chi connectivity index (χ4v) is 4.99. The Bertz CT molecular complexity index is 1280. The maximum atomic E-state index is 9.63. The minimum Gasteiger partial charge on any atom is -0.822 e. The minimum absolute atomic E-state index is 0. The predicted molar refractivity (Wildman–Crippen MR) is 131 cm³/mol. The third-order valence-electron chi connectivity index (χ3n) is 0.851. The normalized spacial score (nSPS) is 12.4. The summed E-state index contributed by atoms with van der Waals surface area (Å²) in [6.07, 6.45) is 0. The molecule has 0 fully saturated rings. The molecule has 44 nitrogen and oxygen atoms in total. The third-order valence-corrected chi connectivity index (χ3v) is 7.66. The van der Waals surface area contributed by atoms with Crippen LogP contribution < -0.4 is 58.7 Å². The molecule has 0 saturated carbocycles. The average molecular weight is 1370 g/mol. The third kappa shape index (κ3) is 284. The summed E-state index contributed by atoms with van der Waals surface area (Å²) in [6.45, 7) is 0. The second kappa shape index (κ2) is 36.2. The Morgan fingerprint density at radius 3 is 0.237 bits per heavy atom. The molecule has 0 bridgehead atoms. The Morgan fingerprint density at radius 2 is 0.237 bits per heavy atom. The first-order valence-corrected chi connectivity index (χ1v) is 27.1. The van der Waals surface area contributed by atoms with Gasteiger partial charge in [-0.15, -0.1) is 0 Å². The van der Waals surface area contributed by atoms with Gasteiger partial charge in [-0.2, -0.15) is 48.5 Å². The van der Waals surface area contributed by atoms with E-state index in [0.717, 1.165) is 0 Å². The minimum atomic E-state index is -5.39. The quantitative estimate of drug-likeness (QED) is 0.100. The summed E-state index contributed by atoms with van der Waals surface area (Å²) in [6, 6.07) is 0. The van der Waals surface area contributed by atoms with Crippen molar-refractivity contribution >= 4 is 93.9 Å².